The summed E-state index contributed by atoms with van der Waals surface area (Å²) in [6.07, 6.45) is 6.30. The van der Waals surface area contributed by atoms with Crippen molar-refractivity contribution in [1.82, 2.24) is 0 Å². The second-order valence-corrected chi connectivity index (χ2v) is 4.18. The van der Waals surface area contributed by atoms with E-state index in [0.717, 1.165) is 12.8 Å². The van der Waals surface area contributed by atoms with Crippen molar-refractivity contribution in [2.45, 2.75) is 56.8 Å². The van der Waals surface area contributed by atoms with Crippen LogP contribution in [-0.4, -0.2) is 28.2 Å². The maximum Gasteiger partial charge on any atom is 0.0678 e. The minimum atomic E-state index is -0.449. The Labute approximate surface area is 86.8 Å². The lowest BCUT2D eigenvalue weighted by atomic mass is 10.1. The van der Waals surface area contributed by atoms with E-state index in [9.17, 15) is 5.11 Å². The Hall–Kier alpha value is 0.270. The van der Waals surface area contributed by atoms with Crippen LogP contribution in [0.5, 0.6) is 0 Å². The van der Waals surface area contributed by atoms with E-state index in [0.29, 0.717) is 0 Å². The van der Waals surface area contributed by atoms with Crippen molar-refractivity contribution in [2.24, 2.45) is 0 Å². The van der Waals surface area contributed by atoms with Crippen LogP contribution in [0.2, 0.25) is 0 Å². The van der Waals surface area contributed by atoms with Gasteiger partial charge >= 0.3 is 0 Å². The van der Waals surface area contributed by atoms with E-state index < -0.39 is 6.10 Å². The number of hydrogen-bond acceptors (Lipinski definition) is 3. The van der Waals surface area contributed by atoms with E-state index in [2.05, 4.69) is 19.6 Å². The van der Waals surface area contributed by atoms with Crippen molar-refractivity contribution in [1.29, 1.82) is 0 Å². The summed E-state index contributed by atoms with van der Waals surface area (Å²) in [6.45, 7) is 2.14. The third kappa shape index (κ3) is 7.35. The van der Waals surface area contributed by atoms with Gasteiger partial charge in [0, 0.05) is 0 Å². The normalized spacial score (nSPS) is 15.7. The molecule has 0 unspecified atom stereocenters. The van der Waals surface area contributed by atoms with Crippen molar-refractivity contribution < 1.29 is 10.2 Å². The van der Waals surface area contributed by atoms with E-state index in [1.807, 2.05) is 0 Å². The predicted molar refractivity (Wildman–Crippen MR) is 59.2 cm³/mol. The highest BCUT2D eigenvalue weighted by molar-refractivity contribution is 7.81. The lowest BCUT2D eigenvalue weighted by Crippen LogP contribution is -2.24. The van der Waals surface area contributed by atoms with Crippen molar-refractivity contribution in [3.05, 3.63) is 0 Å². The molecule has 0 saturated carbocycles. The first-order valence-electron chi connectivity index (χ1n) is 5.19. The maximum absolute atomic E-state index is 9.44. The Balaban J connectivity index is 3.21. The van der Waals surface area contributed by atoms with Crippen molar-refractivity contribution >= 4 is 12.6 Å². The number of aliphatic hydroxyl groups excluding tert-OH is 2. The SMILES string of the molecule is CCCCCCC[C@H](O)[C@H](S)CO. The predicted octanol–water partition coefficient (Wildman–Crippen LogP) is 2.00. The minimum absolute atomic E-state index is 0.0424. The summed E-state index contributed by atoms with van der Waals surface area (Å²) < 4.78 is 0. The van der Waals surface area contributed by atoms with Gasteiger partial charge in [-0.15, -0.1) is 0 Å². The third-order valence-corrected chi connectivity index (χ3v) is 2.74. The first kappa shape index (κ1) is 13.3. The number of hydrogen-bond donors (Lipinski definition) is 3. The van der Waals surface area contributed by atoms with Crippen LogP contribution in [0.4, 0.5) is 0 Å². The summed E-state index contributed by atoms with van der Waals surface area (Å²) in [5.41, 5.74) is 0. The molecule has 0 saturated heterocycles. The lowest BCUT2D eigenvalue weighted by molar-refractivity contribution is 0.130. The van der Waals surface area contributed by atoms with Gasteiger partial charge in [0.25, 0.3) is 0 Å². The largest absolute Gasteiger partial charge is 0.395 e. The number of rotatable bonds is 8. The molecule has 0 radical (unpaired) electrons. The molecule has 3 heteroatoms. The van der Waals surface area contributed by atoms with Gasteiger partial charge < -0.3 is 10.2 Å². The summed E-state index contributed by atoms with van der Waals surface area (Å²) in [4.78, 5) is 0. The summed E-state index contributed by atoms with van der Waals surface area (Å²) in [5, 5.41) is 17.9. The van der Waals surface area contributed by atoms with Gasteiger partial charge in [0.15, 0.2) is 0 Å². The molecule has 0 spiro atoms. The molecule has 0 heterocycles. The fraction of sp³-hybridized carbons (Fsp3) is 1.00. The van der Waals surface area contributed by atoms with Gasteiger partial charge in [-0.1, -0.05) is 39.0 Å². The van der Waals surface area contributed by atoms with Crippen LogP contribution in [-0.2, 0) is 0 Å². The summed E-state index contributed by atoms with van der Waals surface area (Å²) >= 11 is 4.07. The molecule has 0 bridgehead atoms. The van der Waals surface area contributed by atoms with Crippen LogP contribution in [0.3, 0.4) is 0 Å². The van der Waals surface area contributed by atoms with Crippen LogP contribution in [0.25, 0.3) is 0 Å². The van der Waals surface area contributed by atoms with E-state index in [4.69, 9.17) is 5.11 Å². The van der Waals surface area contributed by atoms with Crippen LogP contribution in [0, 0.1) is 0 Å². The Morgan fingerprint density at radius 1 is 1.15 bits per heavy atom. The monoisotopic (exact) mass is 206 g/mol. The van der Waals surface area contributed by atoms with Crippen LogP contribution in [0.15, 0.2) is 0 Å². The Bertz CT molecular complexity index is 109. The van der Waals surface area contributed by atoms with E-state index in [1.165, 1.54) is 25.7 Å². The highest BCUT2D eigenvalue weighted by Gasteiger charge is 2.12. The van der Waals surface area contributed by atoms with E-state index in [-0.39, 0.29) is 11.9 Å². The van der Waals surface area contributed by atoms with Crippen molar-refractivity contribution in [2.75, 3.05) is 6.61 Å². The zero-order valence-electron chi connectivity index (χ0n) is 8.45. The first-order valence-corrected chi connectivity index (χ1v) is 5.71. The van der Waals surface area contributed by atoms with Crippen LogP contribution in [0.1, 0.15) is 45.4 Å². The number of aliphatic hydroxyl groups is 2. The smallest absolute Gasteiger partial charge is 0.0678 e. The van der Waals surface area contributed by atoms with Crippen LogP contribution >= 0.6 is 12.6 Å². The topological polar surface area (TPSA) is 40.5 Å². The summed E-state index contributed by atoms with van der Waals surface area (Å²) in [5.74, 6) is 0. The second-order valence-electron chi connectivity index (χ2n) is 3.52. The molecular weight excluding hydrogens is 184 g/mol. The van der Waals surface area contributed by atoms with Crippen LogP contribution < -0.4 is 0 Å². The molecule has 2 atom stereocenters. The molecule has 2 nitrogen and oxygen atoms in total. The molecule has 0 rings (SSSR count). The van der Waals surface area contributed by atoms with Gasteiger partial charge in [-0.05, 0) is 6.42 Å². The Kier molecular flexibility index (Phi) is 9.03. The number of thiol groups is 1. The van der Waals surface area contributed by atoms with Gasteiger partial charge in [-0.25, -0.2) is 0 Å². The molecular formula is C10H22O2S. The highest BCUT2D eigenvalue weighted by atomic mass is 32.1. The zero-order chi connectivity index (χ0) is 10.1. The second kappa shape index (κ2) is 8.85. The Morgan fingerprint density at radius 2 is 1.77 bits per heavy atom. The Morgan fingerprint density at radius 3 is 2.31 bits per heavy atom. The summed E-state index contributed by atoms with van der Waals surface area (Å²) in [7, 11) is 0. The first-order chi connectivity index (χ1) is 6.22. The molecule has 0 aliphatic rings. The molecule has 13 heavy (non-hydrogen) atoms. The van der Waals surface area contributed by atoms with Crippen molar-refractivity contribution in [3.63, 3.8) is 0 Å². The molecule has 0 aromatic carbocycles. The highest BCUT2D eigenvalue weighted by Crippen LogP contribution is 2.11. The van der Waals surface area contributed by atoms with Gasteiger partial charge in [-0.2, -0.15) is 12.6 Å². The molecule has 0 fully saturated rings. The standard InChI is InChI=1S/C10H22O2S/c1-2-3-4-5-6-7-9(12)10(13)8-11/h9-13H,2-8H2,1H3/t9-,10+/m0/s1. The van der Waals surface area contributed by atoms with Crippen molar-refractivity contribution in [3.8, 4) is 0 Å². The molecule has 0 aliphatic heterocycles. The van der Waals surface area contributed by atoms with Gasteiger partial charge in [0.1, 0.15) is 0 Å². The quantitative estimate of drug-likeness (QED) is 0.420. The van der Waals surface area contributed by atoms with Gasteiger partial charge in [0.2, 0.25) is 0 Å². The number of unbranched alkanes of at least 4 members (excludes halogenated alkanes) is 4. The van der Waals surface area contributed by atoms with Gasteiger partial charge in [0.05, 0.1) is 18.0 Å². The summed E-state index contributed by atoms with van der Waals surface area (Å²) in [6, 6.07) is 0. The van der Waals surface area contributed by atoms with Gasteiger partial charge in [-0.3, -0.25) is 0 Å². The lowest BCUT2D eigenvalue weighted by Gasteiger charge is -2.15. The third-order valence-electron chi connectivity index (χ3n) is 2.23. The molecule has 2 N–H and O–H groups in total. The molecule has 0 amide bonds. The fourth-order valence-electron chi connectivity index (χ4n) is 1.27. The minimum Gasteiger partial charge on any atom is -0.395 e. The van der Waals surface area contributed by atoms with E-state index in [1.54, 1.807) is 0 Å². The average Bonchev–Trinajstić information content (AvgIpc) is 2.16. The molecule has 0 aromatic rings. The van der Waals surface area contributed by atoms with E-state index >= 15 is 0 Å². The maximum atomic E-state index is 9.44. The molecule has 80 valence electrons. The zero-order valence-corrected chi connectivity index (χ0v) is 9.34. The fourth-order valence-corrected chi connectivity index (χ4v) is 1.42. The molecule has 0 aliphatic carbocycles. The average molecular weight is 206 g/mol. The molecule has 0 aromatic heterocycles.